The van der Waals surface area contributed by atoms with E-state index in [4.69, 9.17) is 43.5 Å². The lowest BCUT2D eigenvalue weighted by atomic mass is 10.1. The second-order valence-electron chi connectivity index (χ2n) is 25.6. The number of nitrogens with zero attached hydrogens (tertiary/aromatic N) is 8. The summed E-state index contributed by atoms with van der Waals surface area (Å²) < 4.78 is 50.1. The van der Waals surface area contributed by atoms with Crippen LogP contribution in [0.1, 0.15) is 87.3 Å². The van der Waals surface area contributed by atoms with E-state index >= 15 is 4.39 Å². The number of aromatic nitrogens is 4. The summed E-state index contributed by atoms with van der Waals surface area (Å²) in [5.74, 6) is 5.77. The van der Waals surface area contributed by atoms with Gasteiger partial charge in [0.25, 0.3) is 8.32 Å². The Balaban J connectivity index is 1.19. The van der Waals surface area contributed by atoms with Crippen molar-refractivity contribution in [2.45, 2.75) is 123 Å². The fourth-order valence-corrected chi connectivity index (χ4v) is 17.4. The van der Waals surface area contributed by atoms with Crippen LogP contribution in [-0.4, -0.2) is 137 Å². The van der Waals surface area contributed by atoms with Crippen LogP contribution >= 0.6 is 22.7 Å². The van der Waals surface area contributed by atoms with Gasteiger partial charge in [-0.2, -0.15) is 4.99 Å². The fraction of sp³-hybridized carbons (Fsp3) is 0.446. The third-order valence-electron chi connectivity index (χ3n) is 13.9. The fourth-order valence-electron chi connectivity index (χ4n) is 9.74. The van der Waals surface area contributed by atoms with Crippen molar-refractivity contribution in [2.75, 3.05) is 73.0 Å². The minimum Gasteiger partial charge on any atom is -0.491 e. The maximum atomic E-state index is 15.4. The van der Waals surface area contributed by atoms with Gasteiger partial charge in [0, 0.05) is 38.7 Å². The van der Waals surface area contributed by atoms with E-state index in [1.807, 2.05) is 30.0 Å². The van der Waals surface area contributed by atoms with E-state index in [0.29, 0.717) is 77.3 Å². The Morgan fingerprint density at radius 2 is 1.53 bits per heavy atom. The van der Waals surface area contributed by atoms with Gasteiger partial charge in [-0.05, 0) is 117 Å². The number of methoxy groups -OCH3 is 1. The van der Waals surface area contributed by atoms with E-state index in [-0.39, 0.29) is 35.7 Å². The molecule has 3 heterocycles. The number of anilines is 2. The molecular weight excluding hydrogens is 1140 g/mol. The topological polar surface area (TPSA) is 143 Å². The summed E-state index contributed by atoms with van der Waals surface area (Å²) in [6.07, 6.45) is 1.56. The van der Waals surface area contributed by atoms with Gasteiger partial charge in [-0.15, -0.1) is 21.5 Å². The van der Waals surface area contributed by atoms with E-state index in [0.717, 1.165) is 33.2 Å². The van der Waals surface area contributed by atoms with Crippen molar-refractivity contribution in [1.29, 1.82) is 0 Å². The Morgan fingerprint density at radius 1 is 0.859 bits per heavy atom. The second-order valence-corrected chi connectivity index (χ2v) is 37.6. The van der Waals surface area contributed by atoms with Crippen LogP contribution in [0.2, 0.25) is 30.7 Å². The third kappa shape index (κ3) is 18.2. The molecule has 0 aliphatic carbocycles. The normalized spacial score (nSPS) is 12.9. The number of hydrogen-bond acceptors (Lipinski definition) is 14. The Kier molecular flexibility index (Phi) is 22.3. The molecule has 20 heteroatoms. The van der Waals surface area contributed by atoms with E-state index in [1.54, 1.807) is 45.2 Å². The number of ether oxygens (including phenoxy) is 4. The number of hydrogen-bond donors (Lipinski definition) is 0. The van der Waals surface area contributed by atoms with E-state index in [1.165, 1.54) is 45.9 Å². The lowest BCUT2D eigenvalue weighted by Crippen LogP contribution is -2.68. The summed E-state index contributed by atoms with van der Waals surface area (Å²) >= 11 is 2.96. The summed E-state index contributed by atoms with van der Waals surface area (Å²) in [4.78, 5) is 41.0. The first-order valence-electron chi connectivity index (χ1n) is 29.0. The van der Waals surface area contributed by atoms with Crippen LogP contribution in [0.4, 0.5) is 26.0 Å². The summed E-state index contributed by atoms with van der Waals surface area (Å²) in [6, 6.07) is 37.3. The maximum absolute atomic E-state index is 15.4. The predicted octanol–water partition coefficient (Wildman–Crippen LogP) is 12.5. The molecule has 0 aliphatic heterocycles. The summed E-state index contributed by atoms with van der Waals surface area (Å²) in [6.45, 7) is 23.8. The first-order valence-corrected chi connectivity index (χ1v) is 36.2. The van der Waals surface area contributed by atoms with Gasteiger partial charge in [-0.25, -0.2) is 19.0 Å². The molecule has 1 atom stereocenters. The first-order chi connectivity index (χ1) is 40.1. The molecule has 3 aromatic heterocycles. The summed E-state index contributed by atoms with van der Waals surface area (Å²) in [5, 5.41) is 12.4. The molecule has 0 radical (unpaired) electrons. The Hall–Kier alpha value is -6.58. The minimum atomic E-state index is -2.95. The van der Waals surface area contributed by atoms with Crippen molar-refractivity contribution in [2.24, 2.45) is 4.99 Å². The van der Waals surface area contributed by atoms with Gasteiger partial charge < -0.3 is 37.7 Å². The highest BCUT2D eigenvalue weighted by Crippen LogP contribution is 2.39. The van der Waals surface area contributed by atoms with E-state index in [9.17, 15) is 9.59 Å². The number of halogens is 1. The molecule has 1 amide bonds. The number of benzene rings is 4. The quantitative estimate of drug-likeness (QED) is 0.0177. The molecule has 1 unspecified atom stereocenters. The van der Waals surface area contributed by atoms with Crippen molar-refractivity contribution in [3.63, 3.8) is 0 Å². The van der Waals surface area contributed by atoms with Crippen LogP contribution in [0.25, 0.3) is 10.2 Å². The predicted molar refractivity (Wildman–Crippen MR) is 347 cm³/mol. The molecule has 0 spiro atoms. The number of carbonyl (C=O) groups excluding carboxylic acids is 2. The molecule has 7 rings (SSSR count). The number of carbonyl (C=O) groups is 2. The van der Waals surface area contributed by atoms with Crippen molar-refractivity contribution in [1.82, 2.24) is 24.6 Å². The van der Waals surface area contributed by atoms with Crippen LogP contribution < -0.4 is 24.8 Å². The number of esters is 1. The van der Waals surface area contributed by atoms with Gasteiger partial charge in [-0.3, -0.25) is 4.57 Å². The summed E-state index contributed by atoms with van der Waals surface area (Å²) in [7, 11) is 5.30. The highest BCUT2D eigenvalue weighted by Gasteiger charge is 2.52. The molecule has 0 saturated carbocycles. The lowest BCUT2D eigenvalue weighted by Gasteiger charge is -2.46. The molecule has 15 nitrogen and oxygen atoms in total. The monoisotopic (exact) mass is 1230 g/mol. The summed E-state index contributed by atoms with van der Waals surface area (Å²) in [5.41, 5.74) is 1.83. The molecule has 0 fully saturated rings. The number of thiazole rings is 2. The number of rotatable bonds is 25. The number of para-hydroxylation sites is 1. The van der Waals surface area contributed by atoms with Gasteiger partial charge in [0.1, 0.15) is 18.9 Å². The highest BCUT2D eigenvalue weighted by atomic mass is 32.1. The lowest BCUT2D eigenvalue weighted by molar-refractivity contribution is -0.873. The van der Waals surface area contributed by atoms with Crippen LogP contribution in [0.3, 0.4) is 0 Å². The average molecular weight is 1230 g/mol. The molecule has 7 aromatic rings. The standard InChI is InChI=1S/C65H86FN8O7S2Si2/c1-47-43-57(69-70-59(47)68-62-73(46-78-41-42-84(13,14)15)53-33-22-23-34-55(53)82-62)72(39-25-28-49(45-74(9,10)11)81-85(65(5,6)7,50-29-18-16-19-30-50)51-31-20-17-21-32-51)61-67-58(60(75)77-12)56(83-61)35-26-40-79-54-37-36-48(44-52(54)66)27-24-38-71(8)63(76)80-64(2,3)4/h16-23,29-34,36-37,43-44,49H,25-26,28,35,38-42,45-46H2,1-15H3/q+1. The van der Waals surface area contributed by atoms with Crippen LogP contribution in [0.5, 0.6) is 5.75 Å². The van der Waals surface area contributed by atoms with Crippen molar-refractivity contribution in [3.05, 3.63) is 142 Å². The Labute approximate surface area is 512 Å². The smallest absolute Gasteiger partial charge is 0.410 e. The van der Waals surface area contributed by atoms with E-state index < -0.39 is 39.9 Å². The zero-order chi connectivity index (χ0) is 61.7. The zero-order valence-corrected chi connectivity index (χ0v) is 56.0. The molecule has 0 aliphatic rings. The number of fused-ring (bicyclic) bond motifs is 1. The maximum Gasteiger partial charge on any atom is 0.410 e. The largest absolute Gasteiger partial charge is 0.491 e. The van der Waals surface area contributed by atoms with Crippen molar-refractivity contribution < 1.29 is 41.8 Å². The number of amides is 1. The average Bonchev–Trinajstić information content (AvgIpc) is 2.52. The Bertz CT molecular complexity index is 3460. The van der Waals surface area contributed by atoms with E-state index in [2.05, 4.69) is 151 Å². The van der Waals surface area contributed by atoms with Gasteiger partial charge >= 0.3 is 12.1 Å². The van der Waals surface area contributed by atoms with Crippen LogP contribution in [-0.2, 0) is 31.8 Å². The molecule has 0 N–H and O–H groups in total. The SMILES string of the molecule is COC(=O)c1nc(N(CCCC(C[N+](C)(C)C)O[Si](c2ccccc2)(c2ccccc2)C(C)(C)C)c2cc(C)c(N=c3sc4ccccc4n3COCC[Si](C)(C)C)nn2)sc1CCCOc1ccc(C#CCN(C)C(=O)OC(C)(C)C)cc1F. The molecule has 0 saturated heterocycles. The number of likely N-dealkylation sites (N-methyl/N-ethyl adjacent to an activating group) is 1. The molecule has 85 heavy (non-hydrogen) atoms. The minimum absolute atomic E-state index is 0.0698. The molecular formula is C65H86FN8O7S2Si2+. The highest BCUT2D eigenvalue weighted by molar-refractivity contribution is 7.16. The molecule has 4 aromatic carbocycles. The first kappa shape index (κ1) is 66.0. The molecule has 454 valence electrons. The third-order valence-corrected chi connectivity index (χ3v) is 22.9. The zero-order valence-electron chi connectivity index (χ0n) is 52.4. The number of aryl methyl sites for hydroxylation is 2. The van der Waals surface area contributed by atoms with Gasteiger partial charge in [0.15, 0.2) is 38.8 Å². The van der Waals surface area contributed by atoms with Crippen LogP contribution in [0.15, 0.2) is 114 Å². The van der Waals surface area contributed by atoms with Crippen molar-refractivity contribution in [3.8, 4) is 17.6 Å². The molecule has 0 bridgehead atoms. The van der Waals surface area contributed by atoms with Gasteiger partial charge in [0.2, 0.25) is 0 Å². The van der Waals surface area contributed by atoms with Gasteiger partial charge in [0.05, 0.1) is 57.7 Å². The second kappa shape index (κ2) is 28.7. The Morgan fingerprint density at radius 3 is 2.14 bits per heavy atom. The number of quaternary nitrogens is 1. The van der Waals surface area contributed by atoms with Crippen molar-refractivity contribution >= 4 is 88.5 Å². The van der Waals surface area contributed by atoms with Crippen LogP contribution in [0, 0.1) is 24.6 Å². The van der Waals surface area contributed by atoms with Gasteiger partial charge in [-0.1, -0.05) is 136 Å².